The number of rotatable bonds is 4. The zero-order valence-corrected chi connectivity index (χ0v) is 14.4. The molecule has 25 heavy (non-hydrogen) atoms. The van der Waals surface area contributed by atoms with Crippen molar-refractivity contribution in [1.29, 1.82) is 0 Å². The number of carbonyl (C=O) groups excluding carboxylic acids is 1. The summed E-state index contributed by atoms with van der Waals surface area (Å²) in [4.78, 5) is 26.5. The van der Waals surface area contributed by atoms with Gasteiger partial charge in [0.25, 0.3) is 5.91 Å². The molecule has 0 saturated heterocycles. The van der Waals surface area contributed by atoms with E-state index in [1.807, 2.05) is 18.2 Å². The van der Waals surface area contributed by atoms with Gasteiger partial charge in [-0.3, -0.25) is 4.79 Å². The normalized spacial score (nSPS) is 16.5. The summed E-state index contributed by atoms with van der Waals surface area (Å²) in [5, 5.41) is 12.1. The summed E-state index contributed by atoms with van der Waals surface area (Å²) >= 11 is 0. The minimum atomic E-state index is -1.06. The summed E-state index contributed by atoms with van der Waals surface area (Å²) in [5.41, 5.74) is 2.68. The van der Waals surface area contributed by atoms with E-state index < -0.39 is 5.97 Å². The van der Waals surface area contributed by atoms with Gasteiger partial charge >= 0.3 is 5.97 Å². The van der Waals surface area contributed by atoms with Crippen LogP contribution in [0.1, 0.15) is 44.1 Å². The lowest BCUT2D eigenvalue weighted by Gasteiger charge is -2.15. The number of H-pyrrole nitrogens is 1. The van der Waals surface area contributed by atoms with E-state index in [1.165, 1.54) is 0 Å². The first-order valence-corrected chi connectivity index (χ1v) is 8.38. The summed E-state index contributed by atoms with van der Waals surface area (Å²) in [7, 11) is 0. The van der Waals surface area contributed by atoms with Gasteiger partial charge in [0, 0.05) is 12.2 Å². The van der Waals surface area contributed by atoms with E-state index in [0.717, 1.165) is 24.2 Å². The fourth-order valence-electron chi connectivity index (χ4n) is 3.37. The maximum Gasteiger partial charge on any atom is 0.352 e. The highest BCUT2D eigenvalue weighted by Gasteiger charge is 2.23. The third-order valence-corrected chi connectivity index (χ3v) is 4.69. The fourth-order valence-corrected chi connectivity index (χ4v) is 3.37. The standard InChI is InChI=1S/C19H22N2O4/c1-11-16(12(2)21-17(11)19(23)24)18(22)20-10-13-7-8-25-15-6-4-3-5-14(15)9-13/h3-6,13,21H,7-10H2,1-2H3,(H,20,22)(H,23,24). The third kappa shape index (κ3) is 3.52. The van der Waals surface area contributed by atoms with E-state index in [2.05, 4.69) is 16.4 Å². The van der Waals surface area contributed by atoms with Gasteiger partial charge in [-0.05, 0) is 49.8 Å². The fraction of sp³-hybridized carbons (Fsp3) is 0.368. The Morgan fingerprint density at radius 3 is 2.80 bits per heavy atom. The second-order valence-corrected chi connectivity index (χ2v) is 6.46. The molecule has 1 atom stereocenters. The Labute approximate surface area is 146 Å². The van der Waals surface area contributed by atoms with Crippen molar-refractivity contribution < 1.29 is 19.4 Å². The molecule has 1 aliphatic rings. The molecule has 132 valence electrons. The van der Waals surface area contributed by atoms with Crippen LogP contribution in [0.3, 0.4) is 0 Å². The Morgan fingerprint density at radius 2 is 2.08 bits per heavy atom. The molecule has 2 heterocycles. The molecule has 0 aliphatic carbocycles. The van der Waals surface area contributed by atoms with Crippen LogP contribution in [0.5, 0.6) is 5.75 Å². The number of hydrogen-bond donors (Lipinski definition) is 3. The second kappa shape index (κ2) is 7.01. The Kier molecular flexibility index (Phi) is 4.79. The molecule has 1 amide bonds. The van der Waals surface area contributed by atoms with Crippen LogP contribution in [0.4, 0.5) is 0 Å². The number of aromatic amines is 1. The van der Waals surface area contributed by atoms with Crippen LogP contribution in [0.2, 0.25) is 0 Å². The van der Waals surface area contributed by atoms with Gasteiger partial charge in [-0.1, -0.05) is 18.2 Å². The molecule has 0 saturated carbocycles. The van der Waals surface area contributed by atoms with Crippen molar-refractivity contribution >= 4 is 11.9 Å². The van der Waals surface area contributed by atoms with Gasteiger partial charge < -0.3 is 20.1 Å². The Morgan fingerprint density at radius 1 is 1.32 bits per heavy atom. The molecule has 3 N–H and O–H groups in total. The van der Waals surface area contributed by atoms with Crippen LogP contribution in [0, 0.1) is 19.8 Å². The number of ether oxygens (including phenoxy) is 1. The number of carboxylic acid groups (broad SMARTS) is 1. The number of fused-ring (bicyclic) bond motifs is 1. The highest BCUT2D eigenvalue weighted by Crippen LogP contribution is 2.26. The summed E-state index contributed by atoms with van der Waals surface area (Å²) in [6, 6.07) is 7.97. The molecular weight excluding hydrogens is 320 g/mol. The predicted octanol–water partition coefficient (Wildman–Crippen LogP) is 2.70. The lowest BCUT2D eigenvalue weighted by atomic mass is 9.96. The zero-order valence-electron chi connectivity index (χ0n) is 14.4. The smallest absolute Gasteiger partial charge is 0.352 e. The lowest BCUT2D eigenvalue weighted by Crippen LogP contribution is -2.31. The van der Waals surface area contributed by atoms with Crippen LogP contribution in [0.25, 0.3) is 0 Å². The monoisotopic (exact) mass is 342 g/mol. The Balaban J connectivity index is 1.68. The van der Waals surface area contributed by atoms with E-state index in [1.54, 1.807) is 13.8 Å². The maximum atomic E-state index is 12.5. The number of nitrogens with one attached hydrogen (secondary N) is 2. The van der Waals surface area contributed by atoms with Crippen molar-refractivity contribution in [2.24, 2.45) is 5.92 Å². The molecule has 6 nitrogen and oxygen atoms in total. The zero-order chi connectivity index (χ0) is 18.0. The molecular formula is C19H22N2O4. The van der Waals surface area contributed by atoms with Crippen molar-refractivity contribution in [2.45, 2.75) is 26.7 Å². The van der Waals surface area contributed by atoms with Crippen molar-refractivity contribution in [2.75, 3.05) is 13.2 Å². The van der Waals surface area contributed by atoms with Crippen LogP contribution in [-0.4, -0.2) is 35.1 Å². The molecule has 0 bridgehead atoms. The Hall–Kier alpha value is -2.76. The summed E-state index contributed by atoms with van der Waals surface area (Å²) < 4.78 is 5.76. The van der Waals surface area contributed by atoms with Gasteiger partial charge in [-0.15, -0.1) is 0 Å². The number of aromatic nitrogens is 1. The molecule has 0 radical (unpaired) electrons. The maximum absolute atomic E-state index is 12.5. The molecule has 6 heteroatoms. The van der Waals surface area contributed by atoms with E-state index in [9.17, 15) is 9.59 Å². The van der Waals surface area contributed by atoms with Gasteiger partial charge in [-0.2, -0.15) is 0 Å². The molecule has 0 fully saturated rings. The summed E-state index contributed by atoms with van der Waals surface area (Å²) in [6.07, 6.45) is 1.71. The number of para-hydroxylation sites is 1. The van der Waals surface area contributed by atoms with Gasteiger partial charge in [0.2, 0.25) is 0 Å². The average molecular weight is 342 g/mol. The summed E-state index contributed by atoms with van der Waals surface area (Å²) in [6.45, 7) is 4.52. The molecule has 3 rings (SSSR count). The van der Waals surface area contributed by atoms with Gasteiger partial charge in [0.1, 0.15) is 11.4 Å². The minimum Gasteiger partial charge on any atom is -0.493 e. The molecule has 1 aromatic heterocycles. The summed E-state index contributed by atoms with van der Waals surface area (Å²) in [5.74, 6) is -0.0970. The molecule has 1 unspecified atom stereocenters. The van der Waals surface area contributed by atoms with Gasteiger partial charge in [-0.25, -0.2) is 4.79 Å². The molecule has 1 aliphatic heterocycles. The number of aromatic carboxylic acids is 1. The molecule has 2 aromatic rings. The topological polar surface area (TPSA) is 91.4 Å². The van der Waals surface area contributed by atoms with Crippen LogP contribution < -0.4 is 10.1 Å². The second-order valence-electron chi connectivity index (χ2n) is 6.46. The lowest BCUT2D eigenvalue weighted by molar-refractivity contribution is 0.0690. The largest absolute Gasteiger partial charge is 0.493 e. The van der Waals surface area contributed by atoms with Gasteiger partial charge in [0.05, 0.1) is 12.2 Å². The molecule has 1 aromatic carbocycles. The van der Waals surface area contributed by atoms with Crippen molar-refractivity contribution in [3.05, 3.63) is 52.3 Å². The molecule has 0 spiro atoms. The van der Waals surface area contributed by atoms with E-state index >= 15 is 0 Å². The van der Waals surface area contributed by atoms with Crippen molar-refractivity contribution in [3.63, 3.8) is 0 Å². The number of carbonyl (C=O) groups is 2. The number of benzene rings is 1. The highest BCUT2D eigenvalue weighted by molar-refractivity contribution is 6.00. The number of carboxylic acids is 1. The third-order valence-electron chi connectivity index (χ3n) is 4.69. The van der Waals surface area contributed by atoms with Crippen LogP contribution in [0.15, 0.2) is 24.3 Å². The first-order valence-electron chi connectivity index (χ1n) is 8.38. The van der Waals surface area contributed by atoms with E-state index in [4.69, 9.17) is 9.84 Å². The number of aryl methyl sites for hydroxylation is 1. The first-order chi connectivity index (χ1) is 12.0. The van der Waals surface area contributed by atoms with E-state index in [0.29, 0.717) is 30.0 Å². The number of amides is 1. The van der Waals surface area contributed by atoms with Crippen LogP contribution in [-0.2, 0) is 6.42 Å². The Bertz CT molecular complexity index is 810. The highest BCUT2D eigenvalue weighted by atomic mass is 16.5. The predicted molar refractivity (Wildman–Crippen MR) is 93.3 cm³/mol. The van der Waals surface area contributed by atoms with Crippen molar-refractivity contribution in [1.82, 2.24) is 10.3 Å². The SMILES string of the molecule is Cc1[nH]c(C(=O)O)c(C)c1C(=O)NCC1CCOc2ccccc2C1. The van der Waals surface area contributed by atoms with Gasteiger partial charge in [0.15, 0.2) is 0 Å². The quantitative estimate of drug-likeness (QED) is 0.797. The minimum absolute atomic E-state index is 0.0689. The van der Waals surface area contributed by atoms with E-state index in [-0.39, 0.29) is 17.5 Å². The average Bonchev–Trinajstić information content (AvgIpc) is 2.76. The van der Waals surface area contributed by atoms with Crippen LogP contribution >= 0.6 is 0 Å². The number of hydrogen-bond acceptors (Lipinski definition) is 3. The van der Waals surface area contributed by atoms with Crippen molar-refractivity contribution in [3.8, 4) is 5.75 Å². The first kappa shape index (κ1) is 17.1.